The van der Waals surface area contributed by atoms with Crippen molar-refractivity contribution >= 4 is 17.4 Å². The highest BCUT2D eigenvalue weighted by Gasteiger charge is 2.17. The SMILES string of the molecule is O=[N+]([O-])c1cccc(CSCC(O)CO)c1F. The molecule has 17 heavy (non-hydrogen) atoms. The summed E-state index contributed by atoms with van der Waals surface area (Å²) >= 11 is 1.20. The second-order valence-corrected chi connectivity index (χ2v) is 4.39. The van der Waals surface area contributed by atoms with Crippen LogP contribution in [0.2, 0.25) is 0 Å². The molecule has 7 heteroatoms. The van der Waals surface area contributed by atoms with Crippen molar-refractivity contribution in [1.82, 2.24) is 0 Å². The largest absolute Gasteiger partial charge is 0.394 e. The Labute approximate surface area is 101 Å². The summed E-state index contributed by atoms with van der Waals surface area (Å²) in [6.45, 7) is -0.357. The van der Waals surface area contributed by atoms with Gasteiger partial charge in [-0.05, 0) is 0 Å². The second-order valence-electron chi connectivity index (χ2n) is 3.36. The van der Waals surface area contributed by atoms with Crippen LogP contribution in [-0.2, 0) is 5.75 Å². The fourth-order valence-corrected chi connectivity index (χ4v) is 2.11. The number of nitro groups is 1. The lowest BCUT2D eigenvalue weighted by Gasteiger charge is -2.07. The van der Waals surface area contributed by atoms with E-state index in [2.05, 4.69) is 0 Å². The predicted octanol–water partition coefficient (Wildman–Crippen LogP) is 1.32. The lowest BCUT2D eigenvalue weighted by atomic mass is 10.2. The first-order valence-electron chi connectivity index (χ1n) is 4.84. The Morgan fingerprint density at radius 1 is 1.53 bits per heavy atom. The molecule has 0 spiro atoms. The van der Waals surface area contributed by atoms with Gasteiger partial charge in [0.05, 0.1) is 17.6 Å². The Kier molecular flexibility index (Phi) is 5.33. The molecule has 0 amide bonds. The Morgan fingerprint density at radius 2 is 2.24 bits per heavy atom. The molecule has 0 aliphatic heterocycles. The molecule has 0 saturated heterocycles. The molecular weight excluding hydrogens is 249 g/mol. The van der Waals surface area contributed by atoms with Crippen LogP contribution in [0.25, 0.3) is 0 Å². The maximum absolute atomic E-state index is 13.6. The summed E-state index contributed by atoms with van der Waals surface area (Å²) < 4.78 is 13.6. The molecular formula is C10H12FNO4S. The average Bonchev–Trinajstić information content (AvgIpc) is 2.30. The minimum Gasteiger partial charge on any atom is -0.394 e. The molecule has 0 bridgehead atoms. The summed E-state index contributed by atoms with van der Waals surface area (Å²) in [7, 11) is 0. The summed E-state index contributed by atoms with van der Waals surface area (Å²) in [6, 6.07) is 3.98. The molecule has 5 nitrogen and oxygen atoms in total. The van der Waals surface area contributed by atoms with E-state index in [1.165, 1.54) is 23.9 Å². The normalized spacial score (nSPS) is 12.4. The molecule has 0 saturated carbocycles. The molecule has 94 valence electrons. The van der Waals surface area contributed by atoms with Gasteiger partial charge in [-0.1, -0.05) is 12.1 Å². The van der Waals surface area contributed by atoms with Gasteiger partial charge < -0.3 is 10.2 Å². The molecule has 0 aliphatic carbocycles. The topological polar surface area (TPSA) is 83.6 Å². The summed E-state index contributed by atoms with van der Waals surface area (Å²) in [5.74, 6) is -0.382. The zero-order valence-corrected chi connectivity index (χ0v) is 9.69. The maximum Gasteiger partial charge on any atom is 0.305 e. The van der Waals surface area contributed by atoms with Gasteiger partial charge in [-0.3, -0.25) is 10.1 Å². The molecule has 0 aliphatic rings. The van der Waals surface area contributed by atoms with Crippen molar-refractivity contribution in [2.75, 3.05) is 12.4 Å². The number of thioether (sulfide) groups is 1. The zero-order valence-electron chi connectivity index (χ0n) is 8.88. The molecule has 1 aromatic rings. The highest BCUT2D eigenvalue weighted by Crippen LogP contribution is 2.23. The smallest absolute Gasteiger partial charge is 0.305 e. The first-order valence-corrected chi connectivity index (χ1v) is 6.00. The molecule has 0 radical (unpaired) electrons. The molecule has 0 fully saturated rings. The third-order valence-electron chi connectivity index (χ3n) is 2.03. The van der Waals surface area contributed by atoms with Gasteiger partial charge in [0, 0.05) is 23.1 Å². The Bertz CT molecular complexity index is 402. The quantitative estimate of drug-likeness (QED) is 0.596. The van der Waals surface area contributed by atoms with E-state index in [4.69, 9.17) is 10.2 Å². The van der Waals surface area contributed by atoms with E-state index < -0.39 is 22.5 Å². The van der Waals surface area contributed by atoms with Crippen molar-refractivity contribution in [3.05, 3.63) is 39.7 Å². The van der Waals surface area contributed by atoms with Crippen LogP contribution in [-0.4, -0.2) is 33.6 Å². The fraction of sp³-hybridized carbons (Fsp3) is 0.400. The van der Waals surface area contributed by atoms with Crippen molar-refractivity contribution in [3.8, 4) is 0 Å². The van der Waals surface area contributed by atoms with Gasteiger partial charge >= 0.3 is 5.69 Å². The molecule has 1 atom stereocenters. The van der Waals surface area contributed by atoms with E-state index in [0.717, 1.165) is 6.07 Å². The van der Waals surface area contributed by atoms with Crippen LogP contribution in [0, 0.1) is 15.9 Å². The summed E-state index contributed by atoms with van der Waals surface area (Å²) in [5, 5.41) is 28.1. The third kappa shape index (κ3) is 3.95. The number of aliphatic hydroxyl groups excluding tert-OH is 2. The molecule has 2 N–H and O–H groups in total. The fourth-order valence-electron chi connectivity index (χ4n) is 1.18. The van der Waals surface area contributed by atoms with Crippen molar-refractivity contribution in [2.45, 2.75) is 11.9 Å². The van der Waals surface area contributed by atoms with Crippen molar-refractivity contribution in [3.63, 3.8) is 0 Å². The Balaban J connectivity index is 2.66. The molecule has 0 heterocycles. The Morgan fingerprint density at radius 3 is 2.82 bits per heavy atom. The summed E-state index contributed by atoms with van der Waals surface area (Å²) in [6.07, 6.45) is -0.859. The van der Waals surface area contributed by atoms with E-state index in [0.29, 0.717) is 0 Å². The third-order valence-corrected chi connectivity index (χ3v) is 3.17. The van der Waals surface area contributed by atoms with Crippen LogP contribution < -0.4 is 0 Å². The van der Waals surface area contributed by atoms with Crippen LogP contribution in [0.3, 0.4) is 0 Å². The van der Waals surface area contributed by atoms with Gasteiger partial charge in [-0.25, -0.2) is 0 Å². The molecule has 0 aromatic heterocycles. The molecule has 1 rings (SSSR count). The van der Waals surface area contributed by atoms with Gasteiger partial charge in [0.15, 0.2) is 0 Å². The van der Waals surface area contributed by atoms with Crippen LogP contribution in [0.15, 0.2) is 18.2 Å². The molecule has 1 aromatic carbocycles. The Hall–Kier alpha value is -1.18. The minimum atomic E-state index is -0.859. The van der Waals surface area contributed by atoms with E-state index in [1.807, 2.05) is 0 Å². The van der Waals surface area contributed by atoms with Gasteiger partial charge in [0.2, 0.25) is 5.82 Å². The van der Waals surface area contributed by atoms with Crippen molar-refractivity contribution in [2.24, 2.45) is 0 Å². The van der Waals surface area contributed by atoms with Crippen molar-refractivity contribution < 1.29 is 19.5 Å². The number of benzene rings is 1. The maximum atomic E-state index is 13.6. The van der Waals surface area contributed by atoms with Crippen LogP contribution in [0.1, 0.15) is 5.56 Å². The zero-order chi connectivity index (χ0) is 12.8. The standard InChI is InChI=1S/C10H12FNO4S/c11-10-7(5-17-6-8(14)4-13)2-1-3-9(10)12(15)16/h1-3,8,13-14H,4-6H2. The lowest BCUT2D eigenvalue weighted by Crippen LogP contribution is -2.14. The van der Waals surface area contributed by atoms with Gasteiger partial charge in [0.25, 0.3) is 0 Å². The number of hydrogen-bond acceptors (Lipinski definition) is 5. The number of nitro benzene ring substituents is 1. The summed E-state index contributed by atoms with van der Waals surface area (Å²) in [4.78, 5) is 9.72. The number of halogens is 1. The van der Waals surface area contributed by atoms with Gasteiger partial charge in [0.1, 0.15) is 0 Å². The predicted molar refractivity (Wildman–Crippen MR) is 62.3 cm³/mol. The number of hydrogen-bond donors (Lipinski definition) is 2. The first-order chi connectivity index (χ1) is 8.06. The minimum absolute atomic E-state index is 0.213. The van der Waals surface area contributed by atoms with E-state index in [-0.39, 0.29) is 23.7 Å². The van der Waals surface area contributed by atoms with Crippen LogP contribution >= 0.6 is 11.8 Å². The number of rotatable bonds is 6. The highest BCUT2D eigenvalue weighted by atomic mass is 32.2. The number of aliphatic hydroxyl groups is 2. The van der Waals surface area contributed by atoms with E-state index in [1.54, 1.807) is 0 Å². The average molecular weight is 261 g/mol. The van der Waals surface area contributed by atoms with Crippen LogP contribution in [0.4, 0.5) is 10.1 Å². The van der Waals surface area contributed by atoms with Crippen molar-refractivity contribution in [1.29, 1.82) is 0 Å². The number of nitrogens with zero attached hydrogens (tertiary/aromatic N) is 1. The van der Waals surface area contributed by atoms with Gasteiger partial charge in [-0.2, -0.15) is 16.2 Å². The second kappa shape index (κ2) is 6.53. The van der Waals surface area contributed by atoms with E-state index in [9.17, 15) is 14.5 Å². The van der Waals surface area contributed by atoms with E-state index >= 15 is 0 Å². The van der Waals surface area contributed by atoms with Gasteiger partial charge in [-0.15, -0.1) is 0 Å². The lowest BCUT2D eigenvalue weighted by molar-refractivity contribution is -0.387. The van der Waals surface area contributed by atoms with Crippen LogP contribution in [0.5, 0.6) is 0 Å². The molecule has 1 unspecified atom stereocenters. The highest BCUT2D eigenvalue weighted by molar-refractivity contribution is 7.98. The monoisotopic (exact) mass is 261 g/mol. The first kappa shape index (κ1) is 13.9. The summed E-state index contributed by atoms with van der Waals surface area (Å²) in [5.41, 5.74) is -0.333.